The second-order valence-corrected chi connectivity index (χ2v) is 5.30. The van der Waals surface area contributed by atoms with Gasteiger partial charge in [-0.3, -0.25) is 0 Å². The van der Waals surface area contributed by atoms with E-state index in [0.717, 1.165) is 4.88 Å². The van der Waals surface area contributed by atoms with E-state index in [4.69, 9.17) is 11.6 Å². The van der Waals surface area contributed by atoms with Gasteiger partial charge in [0.15, 0.2) is 0 Å². The number of rotatable bonds is 4. The van der Waals surface area contributed by atoms with Gasteiger partial charge in [0.2, 0.25) is 0 Å². The van der Waals surface area contributed by atoms with E-state index in [1.165, 1.54) is 23.5 Å². The number of para-hydroxylation sites is 1. The van der Waals surface area contributed by atoms with Crippen LogP contribution in [0.1, 0.15) is 16.5 Å². The van der Waals surface area contributed by atoms with E-state index in [1.807, 2.05) is 0 Å². The Morgan fingerprint density at radius 2 is 1.95 bits per heavy atom. The summed E-state index contributed by atoms with van der Waals surface area (Å²) in [6, 6.07) is 7.27. The number of ether oxygens (including phenoxy) is 1. The number of thiophene rings is 1. The van der Waals surface area contributed by atoms with Crippen molar-refractivity contribution in [2.45, 2.75) is 12.4 Å². The smallest absolute Gasteiger partial charge is 0.405 e. The fourth-order valence-corrected chi connectivity index (χ4v) is 3.17. The third kappa shape index (κ3) is 3.45. The predicted molar refractivity (Wildman–Crippen MR) is 73.4 cm³/mol. The summed E-state index contributed by atoms with van der Waals surface area (Å²) in [5.74, 6) is -0.233. The minimum Gasteiger partial charge on any atom is -0.405 e. The molecule has 0 bridgehead atoms. The highest BCUT2D eigenvalue weighted by Crippen LogP contribution is 2.38. The lowest BCUT2D eigenvalue weighted by Gasteiger charge is -2.20. The van der Waals surface area contributed by atoms with Crippen LogP contribution < -0.4 is 10.1 Å². The molecule has 0 saturated heterocycles. The summed E-state index contributed by atoms with van der Waals surface area (Å²) in [6.07, 6.45) is -4.73. The SMILES string of the molecule is CNC(c1ccccc1OC(F)(F)F)c1sccc1Cl. The van der Waals surface area contributed by atoms with Crippen molar-refractivity contribution in [3.63, 3.8) is 0 Å². The van der Waals surface area contributed by atoms with Crippen LogP contribution in [0.2, 0.25) is 5.02 Å². The number of alkyl halides is 3. The zero-order chi connectivity index (χ0) is 14.8. The van der Waals surface area contributed by atoms with Crippen molar-refractivity contribution in [1.29, 1.82) is 0 Å². The molecule has 0 fully saturated rings. The lowest BCUT2D eigenvalue weighted by Crippen LogP contribution is -2.22. The molecule has 0 aliphatic heterocycles. The Hall–Kier alpha value is -1.24. The van der Waals surface area contributed by atoms with E-state index < -0.39 is 12.4 Å². The standard InChI is InChI=1S/C13H11ClF3NOS/c1-18-11(12-9(14)6-7-20-12)8-4-2-3-5-10(8)19-13(15,16)17/h2-7,11,18H,1H3. The van der Waals surface area contributed by atoms with Crippen LogP contribution in [0, 0.1) is 0 Å². The van der Waals surface area contributed by atoms with Gasteiger partial charge < -0.3 is 10.1 Å². The minimum absolute atomic E-state index is 0.233. The van der Waals surface area contributed by atoms with Gasteiger partial charge in [-0.15, -0.1) is 24.5 Å². The van der Waals surface area contributed by atoms with Crippen molar-refractivity contribution in [2.24, 2.45) is 0 Å². The van der Waals surface area contributed by atoms with E-state index in [2.05, 4.69) is 10.1 Å². The molecular formula is C13H11ClF3NOS. The molecule has 1 N–H and O–H groups in total. The van der Waals surface area contributed by atoms with Crippen LogP contribution in [0.25, 0.3) is 0 Å². The summed E-state index contributed by atoms with van der Waals surface area (Å²) in [7, 11) is 1.66. The average molecular weight is 322 g/mol. The summed E-state index contributed by atoms with van der Waals surface area (Å²) < 4.78 is 41.4. The number of hydrogen-bond acceptors (Lipinski definition) is 3. The molecular weight excluding hydrogens is 311 g/mol. The number of nitrogens with one attached hydrogen (secondary N) is 1. The maximum absolute atomic E-state index is 12.4. The van der Waals surface area contributed by atoms with Gasteiger partial charge >= 0.3 is 6.36 Å². The number of benzene rings is 1. The van der Waals surface area contributed by atoms with Crippen LogP contribution in [0.5, 0.6) is 5.75 Å². The Morgan fingerprint density at radius 3 is 2.50 bits per heavy atom. The third-order valence-corrected chi connectivity index (χ3v) is 4.07. The molecule has 1 unspecified atom stereocenters. The molecule has 20 heavy (non-hydrogen) atoms. The third-order valence-electron chi connectivity index (χ3n) is 2.65. The topological polar surface area (TPSA) is 21.3 Å². The lowest BCUT2D eigenvalue weighted by molar-refractivity contribution is -0.274. The molecule has 1 aromatic carbocycles. The van der Waals surface area contributed by atoms with Gasteiger partial charge in [-0.2, -0.15) is 0 Å². The van der Waals surface area contributed by atoms with E-state index in [0.29, 0.717) is 10.6 Å². The highest BCUT2D eigenvalue weighted by molar-refractivity contribution is 7.10. The van der Waals surface area contributed by atoms with Gasteiger partial charge in [-0.05, 0) is 24.6 Å². The summed E-state index contributed by atoms with van der Waals surface area (Å²) in [6.45, 7) is 0. The highest BCUT2D eigenvalue weighted by Gasteiger charge is 2.33. The monoisotopic (exact) mass is 321 g/mol. The molecule has 2 aromatic rings. The molecule has 2 nitrogen and oxygen atoms in total. The molecule has 1 atom stereocenters. The van der Waals surface area contributed by atoms with Gasteiger partial charge in [0.1, 0.15) is 5.75 Å². The van der Waals surface area contributed by atoms with Crippen LogP contribution >= 0.6 is 22.9 Å². The first-order valence-corrected chi connectivity index (χ1v) is 6.93. The molecule has 0 amide bonds. The summed E-state index contributed by atoms with van der Waals surface area (Å²) >= 11 is 7.43. The van der Waals surface area contributed by atoms with Crippen molar-refractivity contribution in [2.75, 3.05) is 7.05 Å². The van der Waals surface area contributed by atoms with Crippen molar-refractivity contribution in [1.82, 2.24) is 5.32 Å². The normalized spacial score (nSPS) is 13.2. The molecule has 0 aliphatic carbocycles. The van der Waals surface area contributed by atoms with Crippen LogP contribution in [0.15, 0.2) is 35.7 Å². The minimum atomic E-state index is -4.73. The second kappa shape index (κ2) is 6.03. The zero-order valence-electron chi connectivity index (χ0n) is 10.4. The fraction of sp³-hybridized carbons (Fsp3) is 0.231. The first kappa shape index (κ1) is 15.2. The van der Waals surface area contributed by atoms with E-state index in [9.17, 15) is 13.2 Å². The number of halogens is 4. The van der Waals surface area contributed by atoms with Crippen LogP contribution in [-0.2, 0) is 0 Å². The molecule has 0 spiro atoms. The Morgan fingerprint density at radius 1 is 1.25 bits per heavy atom. The van der Waals surface area contributed by atoms with Gasteiger partial charge in [0, 0.05) is 10.4 Å². The summed E-state index contributed by atoms with van der Waals surface area (Å²) in [5.41, 5.74) is 0.386. The van der Waals surface area contributed by atoms with Crippen molar-refractivity contribution in [3.8, 4) is 5.75 Å². The Bertz CT molecular complexity index is 585. The fourth-order valence-electron chi connectivity index (χ4n) is 1.88. The Kier molecular flexibility index (Phi) is 4.57. The first-order valence-electron chi connectivity index (χ1n) is 5.67. The van der Waals surface area contributed by atoms with Gasteiger partial charge in [-0.1, -0.05) is 29.8 Å². The maximum Gasteiger partial charge on any atom is 0.573 e. The van der Waals surface area contributed by atoms with Crippen LogP contribution in [-0.4, -0.2) is 13.4 Å². The van der Waals surface area contributed by atoms with Gasteiger partial charge in [0.25, 0.3) is 0 Å². The summed E-state index contributed by atoms with van der Waals surface area (Å²) in [5, 5.41) is 5.26. The van der Waals surface area contributed by atoms with E-state index in [-0.39, 0.29) is 5.75 Å². The quantitative estimate of drug-likeness (QED) is 0.888. The molecule has 108 valence electrons. The Balaban J connectivity index is 2.43. The molecule has 1 heterocycles. The number of hydrogen-bond donors (Lipinski definition) is 1. The van der Waals surface area contributed by atoms with Gasteiger partial charge in [0.05, 0.1) is 11.1 Å². The van der Waals surface area contributed by atoms with Crippen molar-refractivity contribution >= 4 is 22.9 Å². The maximum atomic E-state index is 12.4. The van der Waals surface area contributed by atoms with E-state index in [1.54, 1.807) is 30.6 Å². The Labute approximate surface area is 123 Å². The highest BCUT2D eigenvalue weighted by atomic mass is 35.5. The first-order chi connectivity index (χ1) is 9.42. The van der Waals surface area contributed by atoms with Crippen LogP contribution in [0.4, 0.5) is 13.2 Å². The zero-order valence-corrected chi connectivity index (χ0v) is 11.9. The molecule has 7 heteroatoms. The lowest BCUT2D eigenvalue weighted by atomic mass is 10.0. The average Bonchev–Trinajstić information content (AvgIpc) is 2.77. The molecule has 0 aliphatic rings. The molecule has 0 saturated carbocycles. The predicted octanol–water partition coefficient (Wildman–Crippen LogP) is 4.61. The van der Waals surface area contributed by atoms with Crippen molar-refractivity contribution in [3.05, 3.63) is 51.2 Å². The molecule has 2 rings (SSSR count). The largest absolute Gasteiger partial charge is 0.573 e. The molecule has 1 aromatic heterocycles. The second-order valence-electron chi connectivity index (χ2n) is 3.94. The summed E-state index contributed by atoms with van der Waals surface area (Å²) in [4.78, 5) is 0.743. The van der Waals surface area contributed by atoms with E-state index >= 15 is 0 Å². The molecule has 0 radical (unpaired) electrons. The van der Waals surface area contributed by atoms with Crippen molar-refractivity contribution < 1.29 is 17.9 Å². The van der Waals surface area contributed by atoms with Crippen LogP contribution in [0.3, 0.4) is 0 Å². The van der Waals surface area contributed by atoms with Gasteiger partial charge in [-0.25, -0.2) is 0 Å².